The minimum absolute atomic E-state index is 0. The third kappa shape index (κ3) is 91.6. The number of hydrogen-bond acceptors (Lipinski definition) is 15. The van der Waals surface area contributed by atoms with Crippen molar-refractivity contribution in [1.82, 2.24) is 0 Å². The standard InChI is InChI=1S/C19H23BrOS2.C11H19ClO.C8H4Br2S2.3C8H4BrS2.3C4H8O.C4H9.C2H4Br2.C2H6.4CH4.2BrH.4ClH.4Li.3Mg.Mn.2H/c1-2-3-4-5-6-7-8-9-10-15(21)16-11-12-17(22-16)18-13-14-19(20)23-18;1-2-3-4-5-6-7-8-9-10-11(12)13;9-7-3-1-5(11-7)6-2-4-8(10)12-6;3*9-8-4-3-7(11-8)6-2-1-5-10-6;3*1-2-4-5-3-1;1-3-4-2;3-1-2-4;1-2;;;;;;;;;;;;;;;;;;;;/h2,11-14H,1,3-10H2;2H,1,3-10H2;1-4H;3*1-4H;3*1-4H2;1,3-4H2,2H3;1-2H2;1-2H3;4*1H4;6*1H;;;;;;;;;;/q;;;3*-1;;;;-1;;;;;;;;;;;;;;;2*+1;3*+2;+4;2*-1/p-6. The molecule has 38 heteroatoms. The molecule has 10 aromatic rings. The zero-order valence-corrected chi connectivity index (χ0v) is 103. The Bertz CT molecular complexity index is 3570. The van der Waals surface area contributed by atoms with Crippen LogP contribution < -0.4 is 71.7 Å². The Morgan fingerprint density at radius 2 is 0.645 bits per heavy atom. The van der Waals surface area contributed by atoms with Gasteiger partial charge in [0.1, 0.15) is 0 Å². The van der Waals surface area contributed by atoms with Crippen molar-refractivity contribution >= 4 is 404 Å². The number of ketones is 1. The number of carbonyl (C=O) groups is 2. The molecule has 0 aliphatic carbocycles. The van der Waals surface area contributed by atoms with E-state index < -0.39 is 9.20 Å². The van der Waals surface area contributed by atoms with Crippen molar-refractivity contribution in [3.63, 3.8) is 0 Å². The molecule has 124 heavy (non-hydrogen) atoms. The number of thiophene rings is 10. The Balaban J connectivity index is -0.0000000923. The first-order valence-electron chi connectivity index (χ1n) is 37.3. The average molecular weight is 2690 g/mol. The van der Waals surface area contributed by atoms with Crippen molar-refractivity contribution < 1.29 is 108 Å². The number of unbranched alkanes of at least 4 members (excludes halogenated alkanes) is 13. The molecule has 0 aromatic carbocycles. The van der Waals surface area contributed by atoms with Crippen LogP contribution in [0.4, 0.5) is 0 Å². The van der Waals surface area contributed by atoms with Gasteiger partial charge in [0.05, 0.1) is 27.6 Å². The molecule has 0 N–H and O–H groups in total. The molecule has 0 radical (unpaired) electrons. The van der Waals surface area contributed by atoms with E-state index in [9.17, 15) is 9.59 Å². The van der Waals surface area contributed by atoms with Crippen LogP contribution in [-0.4, -0.2) is 161 Å². The topological polar surface area (TPSA) is 61.8 Å². The summed E-state index contributed by atoms with van der Waals surface area (Å²) in [5, 5.41) is 11.1. The van der Waals surface area contributed by atoms with Gasteiger partial charge in [0, 0.05) is 82.7 Å². The number of alkyl halides is 2. The first-order chi connectivity index (χ1) is 54.6. The van der Waals surface area contributed by atoms with E-state index in [1.807, 2.05) is 81.0 Å². The summed E-state index contributed by atoms with van der Waals surface area (Å²) in [5.41, 5.74) is 0. The molecule has 3 aliphatic heterocycles. The fraction of sp³-hybridized carbons (Fsp3) is 0.453. The Morgan fingerprint density at radius 3 is 0.831 bits per heavy atom. The maximum Gasteiger partial charge on any atom is 2.00 e. The maximum absolute atomic E-state index is 12.3. The number of carbonyl (C=O) groups excluding carboxylic acids is 2. The molecule has 5 nitrogen and oxygen atoms in total. The van der Waals surface area contributed by atoms with Gasteiger partial charge >= 0.3 is 187 Å². The normalized spacial score (nSPS) is 10.9. The van der Waals surface area contributed by atoms with Gasteiger partial charge in [-0.25, -0.2) is 0 Å². The number of ether oxygens (including phenoxy) is 3. The van der Waals surface area contributed by atoms with Gasteiger partial charge in [0.25, 0.3) is 0 Å². The third-order valence-electron chi connectivity index (χ3n) is 13.9. The second kappa shape index (κ2) is 111. The zero-order valence-electron chi connectivity index (χ0n) is 71.7. The fourth-order valence-corrected chi connectivity index (χ4v) is 20.4. The SMILES string of the molecule is BrCCBr.Brc1ccc(-c2cc[c-]s2)s1.Brc1ccc(-c2cc[c-]s2)s1.Brc1ccc(-c2cc[c-]s2)s1.Brc1ccc(-c2ccc(Br)s2)s1.C.C.C.C.C1CCOC1.C1CCOC1.C1CCOC1.C=CCCCCCCCCC(=O)Cl.C=CCCCCCCCCC(=O)c1ccc(-c2ccc(Br)s2)s1.CC.[Br-].[Br-].[CH2-]CCC.[Cl][Mn]([Cl])([Cl])[Cl].[H-].[H-].[Li+].[Li+].[Li][Li].[Mg+2].[Mg+2].[Mg+2]. The van der Waals surface area contributed by atoms with E-state index in [0.29, 0.717) is 18.6 Å². The second-order valence-electron chi connectivity index (χ2n) is 22.7. The van der Waals surface area contributed by atoms with E-state index in [4.69, 9.17) is 66.2 Å². The molecule has 0 amide bonds. The van der Waals surface area contributed by atoms with Gasteiger partial charge in [0.2, 0.25) is 5.24 Å². The molecule has 13 rings (SSSR count). The summed E-state index contributed by atoms with van der Waals surface area (Å²) in [7, 11) is 17.1. The van der Waals surface area contributed by atoms with Crippen molar-refractivity contribution in [2.75, 3.05) is 50.3 Å². The van der Waals surface area contributed by atoms with E-state index in [1.165, 1.54) is 164 Å². The van der Waals surface area contributed by atoms with Crippen LogP contribution in [0.5, 0.6) is 0 Å². The smallest absolute Gasteiger partial charge is 2.00 e. The van der Waals surface area contributed by atoms with Gasteiger partial charge in [-0.3, -0.25) is 43.6 Å². The van der Waals surface area contributed by atoms with Crippen molar-refractivity contribution in [3.05, 3.63) is 197 Å². The number of allylic oxidation sites excluding steroid dienone is 2. The van der Waals surface area contributed by atoms with E-state index in [2.05, 4.69) is 268 Å². The minimum Gasteiger partial charge on any atom is 2.00 e. The quantitative estimate of drug-likeness (QED) is 0.0103. The van der Waals surface area contributed by atoms with Crippen LogP contribution in [0, 0.1) is 23.1 Å². The maximum atomic E-state index is 12.3. The monoisotopic (exact) mass is 2670 g/mol. The molecule has 0 unspecified atom stereocenters. The van der Waals surface area contributed by atoms with Gasteiger partial charge < -0.3 is 58.0 Å². The first kappa shape index (κ1) is 156. The molecule has 3 aliphatic rings. The second-order valence-corrected chi connectivity index (χ2v) is 54.9. The molecular formula is C86H119Br10Cl5Li4Mg3MnO5S10. The summed E-state index contributed by atoms with van der Waals surface area (Å²) in [6.45, 7) is 23.1. The van der Waals surface area contributed by atoms with Gasteiger partial charge in [-0.1, -0.05) is 170 Å². The van der Waals surface area contributed by atoms with Crippen LogP contribution in [0.2, 0.25) is 0 Å². The van der Waals surface area contributed by atoms with Crippen molar-refractivity contribution in [1.29, 1.82) is 0 Å². The van der Waals surface area contributed by atoms with Crippen molar-refractivity contribution in [3.8, 4) is 48.8 Å². The fourth-order valence-electron chi connectivity index (χ4n) is 8.62. The Hall–Kier alpha value is 7.16. The predicted octanol–water partition coefficient (Wildman–Crippen LogP) is 27.4. The molecule has 0 atom stereocenters. The number of rotatable bonds is 26. The van der Waals surface area contributed by atoms with Crippen molar-refractivity contribution in [2.24, 2.45) is 0 Å². The predicted molar refractivity (Wildman–Crippen MR) is 591 cm³/mol. The summed E-state index contributed by atoms with van der Waals surface area (Å²) >= 11 is 53.3. The van der Waals surface area contributed by atoms with Crippen LogP contribution >= 0.6 is 293 Å². The van der Waals surface area contributed by atoms with Gasteiger partial charge in [-0.05, 0) is 266 Å². The molecule has 675 valence electrons. The molecular weight excluding hydrogens is 2570 g/mol. The average Bonchev–Trinajstić information content (AvgIpc) is 1.70. The Kier molecular flexibility index (Phi) is 139. The first-order valence-corrected chi connectivity index (χ1v) is 59.3. The van der Waals surface area contributed by atoms with Crippen LogP contribution in [0.15, 0.2) is 169 Å². The molecule has 0 bridgehead atoms. The Morgan fingerprint density at radius 1 is 0.427 bits per heavy atom. The van der Waals surface area contributed by atoms with Crippen LogP contribution in [-0.2, 0) is 28.2 Å². The number of halogens is 15. The largest absolute Gasteiger partial charge is 2.00 e. The third-order valence-corrected chi connectivity index (χ3v) is 30.2. The number of Topliss-reactive ketones (excluding diaryl/α,β-unsaturated/α-hetero) is 1. The minimum atomic E-state index is -2.74. The Labute approximate surface area is 995 Å². The van der Waals surface area contributed by atoms with E-state index in [0.717, 1.165) is 104 Å². The zero-order chi connectivity index (χ0) is 84.0. The van der Waals surface area contributed by atoms with Crippen LogP contribution in [0.3, 0.4) is 0 Å². The van der Waals surface area contributed by atoms with E-state index >= 15 is 0 Å². The summed E-state index contributed by atoms with van der Waals surface area (Å²) in [6, 6.07) is 41.3. The summed E-state index contributed by atoms with van der Waals surface area (Å²) in [6.07, 6.45) is 31.7. The molecule has 3 saturated heterocycles. The summed E-state index contributed by atoms with van der Waals surface area (Å²) in [5.74, 6) is 0.295. The van der Waals surface area contributed by atoms with E-state index in [1.54, 1.807) is 113 Å². The van der Waals surface area contributed by atoms with Crippen molar-refractivity contribution in [2.45, 2.75) is 205 Å². The van der Waals surface area contributed by atoms with Gasteiger partial charge in [-0.15, -0.1) is 123 Å². The molecule has 0 saturated carbocycles. The summed E-state index contributed by atoms with van der Waals surface area (Å²) < 4.78 is 21.9. The van der Waals surface area contributed by atoms with Gasteiger partial charge in [-0.2, -0.15) is 42.8 Å². The van der Waals surface area contributed by atoms with Crippen LogP contribution in [0.1, 0.15) is 217 Å². The number of hydrogen-bond donors (Lipinski definition) is 0. The molecule has 10 aromatic heterocycles. The molecule has 0 spiro atoms. The van der Waals surface area contributed by atoms with E-state index in [-0.39, 0.29) is 179 Å². The van der Waals surface area contributed by atoms with Gasteiger partial charge in [0.15, 0.2) is 5.78 Å². The molecule has 3 fully saturated rings. The summed E-state index contributed by atoms with van der Waals surface area (Å²) in [4.78, 5) is 36.4. The molecule has 13 heterocycles. The van der Waals surface area contributed by atoms with Crippen LogP contribution in [0.25, 0.3) is 48.8 Å².